The highest BCUT2D eigenvalue weighted by Gasteiger charge is 2.45. The Morgan fingerprint density at radius 2 is 2.00 bits per heavy atom. The minimum absolute atomic E-state index is 0.117. The van der Waals surface area contributed by atoms with Gasteiger partial charge in [0.2, 0.25) is 0 Å². The lowest BCUT2D eigenvalue weighted by molar-refractivity contribution is -0.170. The zero-order valence-electron chi connectivity index (χ0n) is 9.95. The first-order valence-corrected chi connectivity index (χ1v) is 5.60. The highest BCUT2D eigenvalue weighted by atomic mass is 19.4. The molecule has 0 aliphatic carbocycles. The number of hydrogen-bond acceptors (Lipinski definition) is 3. The summed E-state index contributed by atoms with van der Waals surface area (Å²) in [6, 6.07) is 0. The van der Waals surface area contributed by atoms with Gasteiger partial charge in [-0.05, 0) is 12.8 Å². The molecule has 1 aromatic heterocycles. The first-order chi connectivity index (χ1) is 9.23. The summed E-state index contributed by atoms with van der Waals surface area (Å²) < 4.78 is 37.6. The summed E-state index contributed by atoms with van der Waals surface area (Å²) in [5.74, 6) is -3.69. The summed E-state index contributed by atoms with van der Waals surface area (Å²) in [7, 11) is 0. The summed E-state index contributed by atoms with van der Waals surface area (Å²) in [6.45, 7) is -0.283. The maximum atomic E-state index is 12.5. The van der Waals surface area contributed by atoms with Crippen molar-refractivity contribution in [3.05, 3.63) is 27.7 Å². The Bertz CT molecular complexity index is 636. The van der Waals surface area contributed by atoms with Gasteiger partial charge in [0.1, 0.15) is 0 Å². The first-order valence-electron chi connectivity index (χ1n) is 5.60. The third-order valence-electron chi connectivity index (χ3n) is 2.96. The predicted molar refractivity (Wildman–Crippen MR) is 60.8 cm³/mol. The molecule has 0 fully saturated rings. The van der Waals surface area contributed by atoms with Crippen molar-refractivity contribution < 1.29 is 27.9 Å². The van der Waals surface area contributed by atoms with Crippen molar-refractivity contribution in [2.75, 3.05) is 11.4 Å². The SMILES string of the molecule is O=C(O)c1c[nH]c(=O)c2c1N(C(=O)C(F)(F)F)CCC2. The maximum Gasteiger partial charge on any atom is 0.471 e. The molecular formula is C11H9F3N2O4. The number of amides is 1. The number of carbonyl (C=O) groups is 2. The highest BCUT2D eigenvalue weighted by molar-refractivity contribution is 6.04. The quantitative estimate of drug-likeness (QED) is 0.804. The van der Waals surface area contributed by atoms with E-state index in [1.165, 1.54) is 0 Å². The molecule has 0 saturated heterocycles. The summed E-state index contributed by atoms with van der Waals surface area (Å²) in [5, 5.41) is 8.99. The standard InChI is InChI=1S/C11H9F3N2O4/c12-11(13,14)10(20)16-3-1-2-5-7(16)6(9(18)19)4-15-8(5)17/h4H,1-3H2,(H,15,17)(H,18,19). The number of aromatic amines is 1. The lowest BCUT2D eigenvalue weighted by Gasteiger charge is -2.30. The lowest BCUT2D eigenvalue weighted by Crippen LogP contribution is -2.45. The van der Waals surface area contributed by atoms with Crippen LogP contribution >= 0.6 is 0 Å². The largest absolute Gasteiger partial charge is 0.478 e. The van der Waals surface area contributed by atoms with E-state index in [2.05, 4.69) is 4.98 Å². The number of halogens is 3. The van der Waals surface area contributed by atoms with E-state index < -0.39 is 34.9 Å². The van der Waals surface area contributed by atoms with E-state index in [0.717, 1.165) is 6.20 Å². The van der Waals surface area contributed by atoms with Gasteiger partial charge in [-0.25, -0.2) is 4.79 Å². The molecule has 0 bridgehead atoms. The van der Waals surface area contributed by atoms with Crippen molar-refractivity contribution in [1.82, 2.24) is 4.98 Å². The van der Waals surface area contributed by atoms with Crippen LogP contribution in [0.4, 0.5) is 18.9 Å². The minimum Gasteiger partial charge on any atom is -0.478 e. The van der Waals surface area contributed by atoms with Crippen LogP contribution in [0.25, 0.3) is 0 Å². The summed E-state index contributed by atoms with van der Waals surface area (Å²) >= 11 is 0. The zero-order chi connectivity index (χ0) is 15.1. The van der Waals surface area contributed by atoms with Crippen molar-refractivity contribution in [3.8, 4) is 0 Å². The second-order valence-corrected chi connectivity index (χ2v) is 4.22. The number of hydrogen-bond donors (Lipinski definition) is 2. The van der Waals surface area contributed by atoms with Gasteiger partial charge >= 0.3 is 18.1 Å². The van der Waals surface area contributed by atoms with Gasteiger partial charge in [-0.1, -0.05) is 0 Å². The zero-order valence-corrected chi connectivity index (χ0v) is 9.95. The van der Waals surface area contributed by atoms with Crippen LogP contribution in [-0.2, 0) is 11.2 Å². The molecule has 1 amide bonds. The van der Waals surface area contributed by atoms with Crippen molar-refractivity contribution in [3.63, 3.8) is 0 Å². The topological polar surface area (TPSA) is 90.5 Å². The van der Waals surface area contributed by atoms with Gasteiger partial charge in [-0.2, -0.15) is 13.2 Å². The molecule has 0 atom stereocenters. The molecule has 0 saturated carbocycles. The molecule has 20 heavy (non-hydrogen) atoms. The van der Waals surface area contributed by atoms with E-state index in [0.29, 0.717) is 4.90 Å². The molecule has 0 spiro atoms. The number of carboxylic acids is 1. The van der Waals surface area contributed by atoms with Crippen molar-refractivity contribution in [2.45, 2.75) is 19.0 Å². The van der Waals surface area contributed by atoms with Crippen LogP contribution < -0.4 is 10.5 Å². The monoisotopic (exact) mass is 290 g/mol. The third-order valence-corrected chi connectivity index (χ3v) is 2.96. The molecule has 2 heterocycles. The number of nitrogens with one attached hydrogen (secondary N) is 1. The normalized spacial score (nSPS) is 14.8. The molecule has 2 N–H and O–H groups in total. The molecule has 1 aromatic rings. The van der Waals surface area contributed by atoms with Crippen LogP contribution in [-0.4, -0.2) is 34.7 Å². The Balaban J connectivity index is 2.65. The van der Waals surface area contributed by atoms with Crippen LogP contribution in [0.15, 0.2) is 11.0 Å². The van der Waals surface area contributed by atoms with Gasteiger partial charge < -0.3 is 15.0 Å². The van der Waals surface area contributed by atoms with E-state index in [1.807, 2.05) is 0 Å². The Morgan fingerprint density at radius 1 is 1.35 bits per heavy atom. The highest BCUT2D eigenvalue weighted by Crippen LogP contribution is 2.31. The number of aromatic nitrogens is 1. The second kappa shape index (κ2) is 4.66. The van der Waals surface area contributed by atoms with Gasteiger partial charge in [0, 0.05) is 18.3 Å². The van der Waals surface area contributed by atoms with E-state index in [9.17, 15) is 27.6 Å². The number of aromatic carboxylic acids is 1. The summed E-state index contributed by atoms with van der Waals surface area (Å²) in [6.07, 6.45) is -4.06. The number of rotatable bonds is 1. The third kappa shape index (κ3) is 2.26. The Kier molecular flexibility index (Phi) is 3.28. The lowest BCUT2D eigenvalue weighted by atomic mass is 10.00. The van der Waals surface area contributed by atoms with E-state index in [4.69, 9.17) is 5.11 Å². The number of pyridine rings is 1. The molecule has 2 rings (SSSR count). The maximum absolute atomic E-state index is 12.5. The van der Waals surface area contributed by atoms with Crippen LogP contribution in [0, 0.1) is 0 Å². The summed E-state index contributed by atoms with van der Waals surface area (Å²) in [4.78, 5) is 36.5. The van der Waals surface area contributed by atoms with Crippen LogP contribution in [0.2, 0.25) is 0 Å². The van der Waals surface area contributed by atoms with Crippen LogP contribution in [0.3, 0.4) is 0 Å². The Morgan fingerprint density at radius 3 is 2.55 bits per heavy atom. The predicted octanol–water partition coefficient (Wildman–Crippen LogP) is 0.915. The molecule has 6 nitrogen and oxygen atoms in total. The number of H-pyrrole nitrogens is 1. The van der Waals surface area contributed by atoms with E-state index in [-0.39, 0.29) is 24.9 Å². The molecule has 0 unspecified atom stereocenters. The van der Waals surface area contributed by atoms with E-state index in [1.54, 1.807) is 0 Å². The smallest absolute Gasteiger partial charge is 0.471 e. The van der Waals surface area contributed by atoms with Crippen LogP contribution in [0.5, 0.6) is 0 Å². The number of alkyl halides is 3. The molecule has 108 valence electrons. The Labute approximate surface area is 109 Å². The van der Waals surface area contributed by atoms with Gasteiger partial charge in [0.15, 0.2) is 0 Å². The number of carbonyl (C=O) groups excluding carboxylic acids is 1. The van der Waals surface area contributed by atoms with Gasteiger partial charge in [0.25, 0.3) is 5.56 Å². The van der Waals surface area contributed by atoms with Crippen LogP contribution in [0.1, 0.15) is 22.3 Å². The van der Waals surface area contributed by atoms with Crippen molar-refractivity contribution in [2.24, 2.45) is 0 Å². The minimum atomic E-state index is -5.13. The molecule has 1 aliphatic rings. The summed E-state index contributed by atoms with van der Waals surface area (Å²) in [5.41, 5.74) is -1.80. The Hall–Kier alpha value is -2.32. The number of anilines is 1. The number of carboxylic acid groups (broad SMARTS) is 1. The number of nitrogens with zero attached hydrogens (tertiary/aromatic N) is 1. The fourth-order valence-corrected chi connectivity index (χ4v) is 2.15. The number of fused-ring (bicyclic) bond motifs is 1. The van der Waals surface area contributed by atoms with Crippen molar-refractivity contribution in [1.29, 1.82) is 0 Å². The first kappa shape index (κ1) is 14.1. The molecule has 0 radical (unpaired) electrons. The average Bonchev–Trinajstić information content (AvgIpc) is 2.36. The fraction of sp³-hybridized carbons (Fsp3) is 0.364. The van der Waals surface area contributed by atoms with Gasteiger partial charge in [-0.15, -0.1) is 0 Å². The molecule has 9 heteroatoms. The van der Waals surface area contributed by atoms with Crippen molar-refractivity contribution >= 4 is 17.6 Å². The average molecular weight is 290 g/mol. The van der Waals surface area contributed by atoms with Gasteiger partial charge in [-0.3, -0.25) is 9.59 Å². The van der Waals surface area contributed by atoms with Gasteiger partial charge in [0.05, 0.1) is 11.3 Å². The second-order valence-electron chi connectivity index (χ2n) is 4.22. The molecular weight excluding hydrogens is 281 g/mol. The molecule has 0 aromatic carbocycles. The van der Waals surface area contributed by atoms with E-state index >= 15 is 0 Å². The fourth-order valence-electron chi connectivity index (χ4n) is 2.15. The molecule has 1 aliphatic heterocycles.